The Labute approximate surface area is 304 Å². The van der Waals surface area contributed by atoms with Crippen LogP contribution in [-0.2, 0) is 23.7 Å². The van der Waals surface area contributed by atoms with E-state index < -0.39 is 17.9 Å². The average Bonchev–Trinajstić information content (AvgIpc) is 3.93. The first-order valence-electron chi connectivity index (χ1n) is 17.7. The van der Waals surface area contributed by atoms with Crippen LogP contribution in [0.4, 0.5) is 24.7 Å². The second-order valence-corrected chi connectivity index (χ2v) is 14.8. The van der Waals surface area contributed by atoms with Gasteiger partial charge in [-0.05, 0) is 49.7 Å². The van der Waals surface area contributed by atoms with E-state index in [1.165, 1.54) is 12.2 Å². The molecule has 2 aromatic heterocycles. The van der Waals surface area contributed by atoms with Crippen molar-refractivity contribution in [2.75, 3.05) is 56.2 Å². The number of anilines is 2. The first-order valence-corrected chi connectivity index (χ1v) is 18.1. The van der Waals surface area contributed by atoms with Gasteiger partial charge in [-0.3, -0.25) is 9.69 Å². The molecule has 1 amide bonds. The third-order valence-electron chi connectivity index (χ3n) is 11.0. The fourth-order valence-corrected chi connectivity index (χ4v) is 8.58. The summed E-state index contributed by atoms with van der Waals surface area (Å²) in [5, 5.41) is 6.04. The summed E-state index contributed by atoms with van der Waals surface area (Å²) in [6.45, 7) is 4.45. The standard InChI is InChI=1S/C37H40ClF3N8O3/c1-36(40,41)34-43-30(52-45-34)10-11-31(50)48-16-12-25(20-48)46(2)33-26-13-17-47(29-9-4-7-23-6-3-8-27(38)32(23)29)21-28(26)42-35(44-33)51-22-37-14-5-15-49(37)19-24(39)18-37/h3-4,6-11,24-25H,5,12-22H2,1-2H3/b11-10+/t24-,25-,37?/m1/s1. The highest BCUT2D eigenvalue weighted by Crippen LogP contribution is 2.41. The molecule has 3 saturated heterocycles. The van der Waals surface area contributed by atoms with Crippen LogP contribution in [0.1, 0.15) is 55.6 Å². The molecule has 6 heterocycles. The van der Waals surface area contributed by atoms with Crippen LogP contribution in [0.3, 0.4) is 0 Å². The summed E-state index contributed by atoms with van der Waals surface area (Å²) < 4.78 is 52.9. The maximum Gasteiger partial charge on any atom is 0.318 e. The molecule has 4 aliphatic rings. The Morgan fingerprint density at radius 1 is 1.15 bits per heavy atom. The van der Waals surface area contributed by atoms with Crippen LogP contribution < -0.4 is 14.5 Å². The number of carbonyl (C=O) groups excluding carboxylic acids is 1. The maximum atomic E-state index is 14.6. The van der Waals surface area contributed by atoms with Crippen molar-refractivity contribution in [1.29, 1.82) is 0 Å². The molecular weight excluding hydrogens is 697 g/mol. The summed E-state index contributed by atoms with van der Waals surface area (Å²) in [6.07, 6.45) is 5.34. The molecule has 0 radical (unpaired) electrons. The molecule has 11 nitrogen and oxygen atoms in total. The van der Waals surface area contributed by atoms with Crippen molar-refractivity contribution in [2.45, 2.75) is 69.2 Å². The number of alkyl halides is 3. The van der Waals surface area contributed by atoms with E-state index in [0.29, 0.717) is 64.0 Å². The number of halogens is 4. The van der Waals surface area contributed by atoms with E-state index in [9.17, 15) is 18.0 Å². The molecule has 3 fully saturated rings. The zero-order valence-corrected chi connectivity index (χ0v) is 29.8. The SMILES string of the molecule is CN(c1nc(OCC23CCCN2C[C@H](F)C3)nc2c1CCN(c1cccc3cccc(Cl)c13)C2)[C@@H]1CCN(C(=O)/C=C/c2nc(C(C)(F)F)no2)C1. The summed E-state index contributed by atoms with van der Waals surface area (Å²) in [6, 6.07) is 12.3. The average molecular weight is 737 g/mol. The minimum atomic E-state index is -3.25. The molecule has 4 aliphatic heterocycles. The van der Waals surface area contributed by atoms with Gasteiger partial charge >= 0.3 is 11.9 Å². The molecular formula is C37H40ClF3N8O3. The second kappa shape index (κ2) is 13.5. The Morgan fingerprint density at radius 3 is 2.79 bits per heavy atom. The van der Waals surface area contributed by atoms with E-state index in [1.54, 1.807) is 4.90 Å². The van der Waals surface area contributed by atoms with E-state index in [0.717, 1.165) is 59.5 Å². The highest BCUT2D eigenvalue weighted by molar-refractivity contribution is 6.36. The summed E-state index contributed by atoms with van der Waals surface area (Å²) in [5.74, 6) is -3.69. The van der Waals surface area contributed by atoms with Gasteiger partial charge in [0, 0.05) is 81.4 Å². The summed E-state index contributed by atoms with van der Waals surface area (Å²) in [7, 11) is 1.98. The Kier molecular flexibility index (Phi) is 9.01. The molecule has 0 bridgehead atoms. The quantitative estimate of drug-likeness (QED) is 0.189. The third kappa shape index (κ3) is 6.55. The zero-order chi connectivity index (χ0) is 36.2. The highest BCUT2D eigenvalue weighted by Gasteiger charge is 2.49. The number of benzene rings is 2. The number of aromatic nitrogens is 4. The van der Waals surface area contributed by atoms with Gasteiger partial charge in [0.25, 0.3) is 5.89 Å². The van der Waals surface area contributed by atoms with Gasteiger partial charge in [-0.25, -0.2) is 4.39 Å². The van der Waals surface area contributed by atoms with Gasteiger partial charge in [0.2, 0.25) is 11.7 Å². The van der Waals surface area contributed by atoms with Crippen molar-refractivity contribution in [2.24, 2.45) is 0 Å². The Morgan fingerprint density at radius 2 is 1.98 bits per heavy atom. The topological polar surface area (TPSA) is 104 Å². The van der Waals surface area contributed by atoms with Gasteiger partial charge < -0.3 is 24.0 Å². The number of hydrogen-bond acceptors (Lipinski definition) is 10. The summed E-state index contributed by atoms with van der Waals surface area (Å²) in [4.78, 5) is 35.0. The van der Waals surface area contributed by atoms with Crippen LogP contribution in [-0.4, -0.2) is 99.9 Å². The fraction of sp³-hybridized carbons (Fsp3) is 0.486. The highest BCUT2D eigenvalue weighted by atomic mass is 35.5. The zero-order valence-electron chi connectivity index (χ0n) is 29.1. The molecule has 2 aromatic carbocycles. The van der Waals surface area contributed by atoms with Crippen LogP contribution in [0.15, 0.2) is 47.0 Å². The monoisotopic (exact) mass is 736 g/mol. The first kappa shape index (κ1) is 34.6. The predicted molar refractivity (Wildman–Crippen MR) is 191 cm³/mol. The number of likely N-dealkylation sites (tertiary alicyclic amines) is 1. The van der Waals surface area contributed by atoms with Gasteiger partial charge in [0.05, 0.1) is 22.8 Å². The van der Waals surface area contributed by atoms with Crippen molar-refractivity contribution >= 4 is 45.9 Å². The minimum absolute atomic E-state index is 0.0565. The van der Waals surface area contributed by atoms with E-state index in [1.807, 2.05) is 25.2 Å². The lowest BCUT2D eigenvalue weighted by Gasteiger charge is -2.35. The van der Waals surface area contributed by atoms with Gasteiger partial charge in [0.15, 0.2) is 0 Å². The van der Waals surface area contributed by atoms with Gasteiger partial charge in [-0.15, -0.1) is 0 Å². The molecule has 4 aromatic rings. The normalized spacial score (nSPS) is 23.5. The largest absolute Gasteiger partial charge is 0.461 e. The molecule has 3 atom stereocenters. The second-order valence-electron chi connectivity index (χ2n) is 14.4. The van der Waals surface area contributed by atoms with E-state index in [4.69, 9.17) is 30.8 Å². The lowest BCUT2D eigenvalue weighted by molar-refractivity contribution is -0.125. The van der Waals surface area contributed by atoms with Crippen LogP contribution in [0.5, 0.6) is 6.01 Å². The fourth-order valence-electron chi connectivity index (χ4n) is 8.30. The van der Waals surface area contributed by atoms with Crippen molar-refractivity contribution in [1.82, 2.24) is 29.9 Å². The number of likely N-dealkylation sites (N-methyl/N-ethyl adjacent to an activating group) is 1. The molecule has 0 aliphatic carbocycles. The lowest BCUT2D eigenvalue weighted by atomic mass is 9.95. The van der Waals surface area contributed by atoms with Crippen molar-refractivity contribution in [3.05, 3.63) is 70.5 Å². The number of carbonyl (C=O) groups is 1. The van der Waals surface area contributed by atoms with Crippen LogP contribution in [0, 0.1) is 0 Å². The van der Waals surface area contributed by atoms with E-state index in [-0.39, 0.29) is 29.4 Å². The molecule has 1 unspecified atom stereocenters. The number of rotatable bonds is 9. The minimum Gasteiger partial charge on any atom is -0.461 e. The van der Waals surface area contributed by atoms with E-state index in [2.05, 4.69) is 43.0 Å². The number of amides is 1. The van der Waals surface area contributed by atoms with Crippen LogP contribution in [0.25, 0.3) is 16.8 Å². The third-order valence-corrected chi connectivity index (χ3v) is 11.3. The summed E-state index contributed by atoms with van der Waals surface area (Å²) >= 11 is 6.73. The predicted octanol–water partition coefficient (Wildman–Crippen LogP) is 6.05. The number of hydrogen-bond donors (Lipinski definition) is 0. The smallest absolute Gasteiger partial charge is 0.318 e. The Hall–Kier alpha value is -4.43. The van der Waals surface area contributed by atoms with Crippen molar-refractivity contribution in [3.63, 3.8) is 0 Å². The van der Waals surface area contributed by atoms with E-state index >= 15 is 0 Å². The number of fused-ring (bicyclic) bond motifs is 3. The summed E-state index contributed by atoms with van der Waals surface area (Å²) in [5.41, 5.74) is 2.55. The lowest BCUT2D eigenvalue weighted by Crippen LogP contribution is -2.44. The molecule has 0 saturated carbocycles. The number of ether oxygens (including phenoxy) is 1. The number of nitrogens with zero attached hydrogens (tertiary/aromatic N) is 8. The first-order chi connectivity index (χ1) is 25.0. The Balaban J connectivity index is 1.05. The van der Waals surface area contributed by atoms with Crippen LogP contribution in [0.2, 0.25) is 5.02 Å². The van der Waals surface area contributed by atoms with Crippen molar-refractivity contribution < 1.29 is 27.2 Å². The van der Waals surface area contributed by atoms with Crippen LogP contribution >= 0.6 is 11.6 Å². The molecule has 15 heteroatoms. The van der Waals surface area contributed by atoms with Gasteiger partial charge in [0.1, 0.15) is 18.6 Å². The van der Waals surface area contributed by atoms with Gasteiger partial charge in [-0.2, -0.15) is 23.7 Å². The molecule has 274 valence electrons. The molecule has 8 rings (SSSR count). The molecule has 52 heavy (non-hydrogen) atoms. The van der Waals surface area contributed by atoms with Crippen molar-refractivity contribution in [3.8, 4) is 6.01 Å². The molecule has 0 N–H and O–H groups in total. The molecule has 0 spiro atoms. The van der Waals surface area contributed by atoms with Gasteiger partial charge in [-0.1, -0.05) is 41.0 Å². The Bertz CT molecular complexity index is 2020. The maximum absolute atomic E-state index is 14.6.